The Bertz CT molecular complexity index is 336. The van der Waals surface area contributed by atoms with Gasteiger partial charge in [0.25, 0.3) is 0 Å². The number of rotatable bonds is 6. The van der Waals surface area contributed by atoms with Crippen LogP contribution in [0.15, 0.2) is 33.9 Å². The van der Waals surface area contributed by atoms with Crippen molar-refractivity contribution in [2.75, 3.05) is 0 Å². The molecule has 110 valence electrons. The Labute approximate surface area is 127 Å². The molecule has 4 heteroatoms. The lowest BCUT2D eigenvalue weighted by molar-refractivity contribution is -0.115. The Balaban J connectivity index is 0. The zero-order chi connectivity index (χ0) is 15.3. The highest BCUT2D eigenvalue weighted by Gasteiger charge is 1.91. The van der Waals surface area contributed by atoms with Crippen LogP contribution in [-0.2, 0) is 4.79 Å². The van der Waals surface area contributed by atoms with E-state index in [4.69, 9.17) is 23.2 Å². The zero-order valence-electron chi connectivity index (χ0n) is 12.3. The molecule has 0 saturated carbocycles. The normalized spacial score (nSPS) is 11.5. The van der Waals surface area contributed by atoms with Gasteiger partial charge in [-0.1, -0.05) is 52.6 Å². The minimum Gasteiger partial charge on any atom is -0.370 e. The van der Waals surface area contributed by atoms with Crippen LogP contribution in [0, 0.1) is 0 Å². The summed E-state index contributed by atoms with van der Waals surface area (Å²) in [6, 6.07) is 0. The predicted octanol–water partition coefficient (Wildman–Crippen LogP) is 5.27. The number of carbonyl (C=O) groups excluding carboxylic acids is 1. The maximum Gasteiger partial charge on any atom is 0.214 e. The molecule has 0 aliphatic rings. The highest BCUT2D eigenvalue weighted by molar-refractivity contribution is 6.55. The van der Waals surface area contributed by atoms with Gasteiger partial charge in [0.05, 0.1) is 0 Å². The average Bonchev–Trinajstić information content (AvgIpc) is 2.27. The van der Waals surface area contributed by atoms with Gasteiger partial charge < -0.3 is 5.73 Å². The molecule has 0 atom stereocenters. The summed E-state index contributed by atoms with van der Waals surface area (Å²) in [6.07, 6.45) is 10.5. The maximum atomic E-state index is 9.22. The quantitative estimate of drug-likeness (QED) is 0.667. The molecule has 0 fully saturated rings. The Morgan fingerprint density at radius 3 is 1.84 bits per heavy atom. The first-order valence-electron chi connectivity index (χ1n) is 6.34. The highest BCUT2D eigenvalue weighted by atomic mass is 35.5. The van der Waals surface area contributed by atoms with Gasteiger partial charge in [-0.15, -0.1) is 0 Å². The SMILES string of the molecule is CC(N)=O.CC=C(C)CCC=C(C)CCC=C(Cl)Cl. The molecular weight excluding hydrogens is 281 g/mol. The van der Waals surface area contributed by atoms with Crippen LogP contribution >= 0.6 is 23.2 Å². The summed E-state index contributed by atoms with van der Waals surface area (Å²) in [5.41, 5.74) is 7.33. The predicted molar refractivity (Wildman–Crippen MR) is 86.3 cm³/mol. The van der Waals surface area contributed by atoms with Crippen LogP contribution in [0.3, 0.4) is 0 Å². The fourth-order valence-electron chi connectivity index (χ4n) is 1.20. The first-order chi connectivity index (χ1) is 8.79. The molecule has 2 N–H and O–H groups in total. The molecule has 0 unspecified atom stereocenters. The van der Waals surface area contributed by atoms with Crippen LogP contribution in [0.25, 0.3) is 0 Å². The summed E-state index contributed by atoms with van der Waals surface area (Å²) in [5.74, 6) is -0.333. The number of halogens is 2. The number of hydrogen-bond donors (Lipinski definition) is 1. The lowest BCUT2D eigenvalue weighted by Crippen LogP contribution is -2.01. The molecule has 19 heavy (non-hydrogen) atoms. The molecule has 0 aliphatic heterocycles. The van der Waals surface area contributed by atoms with Gasteiger partial charge in [-0.25, -0.2) is 0 Å². The van der Waals surface area contributed by atoms with Gasteiger partial charge >= 0.3 is 0 Å². The molecule has 0 saturated heterocycles. The minimum absolute atomic E-state index is 0.333. The Hall–Kier alpha value is -0.730. The van der Waals surface area contributed by atoms with Crippen LogP contribution in [0.4, 0.5) is 0 Å². The second-order valence-electron chi connectivity index (χ2n) is 4.37. The van der Waals surface area contributed by atoms with Crippen LogP contribution < -0.4 is 5.73 Å². The van der Waals surface area contributed by atoms with Crippen molar-refractivity contribution in [1.29, 1.82) is 0 Å². The first-order valence-corrected chi connectivity index (χ1v) is 7.09. The molecular formula is C15H25Cl2NO. The smallest absolute Gasteiger partial charge is 0.214 e. The fourth-order valence-corrected chi connectivity index (χ4v) is 1.42. The van der Waals surface area contributed by atoms with E-state index in [1.54, 1.807) is 0 Å². The molecule has 0 aromatic carbocycles. The second-order valence-corrected chi connectivity index (χ2v) is 5.38. The van der Waals surface area contributed by atoms with Crippen molar-refractivity contribution in [2.45, 2.75) is 53.4 Å². The average molecular weight is 306 g/mol. The lowest BCUT2D eigenvalue weighted by atomic mass is 10.1. The van der Waals surface area contributed by atoms with E-state index in [1.807, 2.05) is 6.08 Å². The molecule has 0 heterocycles. The summed E-state index contributed by atoms with van der Waals surface area (Å²) in [7, 11) is 0. The molecule has 2 nitrogen and oxygen atoms in total. The lowest BCUT2D eigenvalue weighted by Gasteiger charge is -1.99. The van der Waals surface area contributed by atoms with Crippen molar-refractivity contribution < 1.29 is 4.79 Å². The molecule has 0 aromatic heterocycles. The largest absolute Gasteiger partial charge is 0.370 e. The van der Waals surface area contributed by atoms with Gasteiger partial charge in [0, 0.05) is 6.92 Å². The molecule has 0 spiro atoms. The number of nitrogens with two attached hydrogens (primary N) is 1. The van der Waals surface area contributed by atoms with Gasteiger partial charge in [0.15, 0.2) is 0 Å². The van der Waals surface area contributed by atoms with Crippen molar-refractivity contribution in [3.05, 3.63) is 33.9 Å². The molecule has 0 aromatic rings. The summed E-state index contributed by atoms with van der Waals surface area (Å²) in [5, 5.41) is 0. The van der Waals surface area contributed by atoms with Crippen LogP contribution in [-0.4, -0.2) is 5.91 Å². The summed E-state index contributed by atoms with van der Waals surface area (Å²) in [4.78, 5) is 9.22. The van der Waals surface area contributed by atoms with E-state index in [9.17, 15) is 4.79 Å². The van der Waals surface area contributed by atoms with E-state index in [0.29, 0.717) is 4.49 Å². The molecule has 0 aliphatic carbocycles. The zero-order valence-corrected chi connectivity index (χ0v) is 13.8. The third-order valence-corrected chi connectivity index (χ3v) is 2.67. The number of primary amides is 1. The van der Waals surface area contributed by atoms with Crippen LogP contribution in [0.1, 0.15) is 53.4 Å². The van der Waals surface area contributed by atoms with Crippen molar-refractivity contribution >= 4 is 29.1 Å². The third kappa shape index (κ3) is 22.9. The molecule has 0 bridgehead atoms. The number of allylic oxidation sites excluding steroid dienone is 5. The number of carbonyl (C=O) groups is 1. The Morgan fingerprint density at radius 1 is 1.00 bits per heavy atom. The molecule has 0 rings (SSSR count). The van der Waals surface area contributed by atoms with Gasteiger partial charge in [0.2, 0.25) is 5.91 Å². The van der Waals surface area contributed by atoms with Gasteiger partial charge in [-0.05, 0) is 46.5 Å². The summed E-state index contributed by atoms with van der Waals surface area (Å²) < 4.78 is 0.368. The van der Waals surface area contributed by atoms with Crippen molar-refractivity contribution in [3.8, 4) is 0 Å². The molecule has 1 amide bonds. The van der Waals surface area contributed by atoms with Gasteiger partial charge in [-0.2, -0.15) is 0 Å². The van der Waals surface area contributed by atoms with Crippen LogP contribution in [0.5, 0.6) is 0 Å². The van der Waals surface area contributed by atoms with E-state index >= 15 is 0 Å². The Morgan fingerprint density at radius 2 is 1.42 bits per heavy atom. The number of amides is 1. The monoisotopic (exact) mass is 305 g/mol. The number of hydrogen-bond acceptors (Lipinski definition) is 1. The van der Waals surface area contributed by atoms with Crippen LogP contribution in [0.2, 0.25) is 0 Å². The van der Waals surface area contributed by atoms with E-state index in [0.717, 1.165) is 25.7 Å². The summed E-state index contributed by atoms with van der Waals surface area (Å²) >= 11 is 11.1. The van der Waals surface area contributed by atoms with E-state index in [2.05, 4.69) is 38.7 Å². The fraction of sp³-hybridized carbons (Fsp3) is 0.533. The van der Waals surface area contributed by atoms with Gasteiger partial charge in [-0.3, -0.25) is 4.79 Å². The third-order valence-electron chi connectivity index (χ3n) is 2.36. The van der Waals surface area contributed by atoms with E-state index in [1.165, 1.54) is 18.1 Å². The first kappa shape index (κ1) is 20.6. The topological polar surface area (TPSA) is 43.1 Å². The standard InChI is InChI=1S/C13H20Cl2.C2H5NO/c1-4-11(2)7-5-8-12(3)9-6-10-13(14)15;1-2(3)4/h4,8,10H,5-7,9H2,1-3H3;1H3,(H2,3,4). The van der Waals surface area contributed by atoms with Gasteiger partial charge in [0.1, 0.15) is 4.49 Å². The minimum atomic E-state index is -0.333. The van der Waals surface area contributed by atoms with E-state index < -0.39 is 0 Å². The second kappa shape index (κ2) is 13.7. The maximum absolute atomic E-state index is 9.22. The van der Waals surface area contributed by atoms with Crippen molar-refractivity contribution in [3.63, 3.8) is 0 Å². The molecule has 0 radical (unpaired) electrons. The van der Waals surface area contributed by atoms with E-state index in [-0.39, 0.29) is 5.91 Å². The van der Waals surface area contributed by atoms with Crippen molar-refractivity contribution in [2.24, 2.45) is 5.73 Å². The van der Waals surface area contributed by atoms with Crippen molar-refractivity contribution in [1.82, 2.24) is 0 Å². The highest BCUT2D eigenvalue weighted by Crippen LogP contribution is 2.13. The Kier molecular flexibility index (Phi) is 14.8. The summed E-state index contributed by atoms with van der Waals surface area (Å²) in [6.45, 7) is 7.71.